The second-order valence-electron chi connectivity index (χ2n) is 13.3. The van der Waals surface area contributed by atoms with Gasteiger partial charge in [0.15, 0.2) is 11.5 Å². The number of aliphatic hydroxyl groups is 1. The summed E-state index contributed by atoms with van der Waals surface area (Å²) < 4.78 is 53.5. The molecule has 0 fully saturated rings. The molecule has 0 aromatic heterocycles. The second kappa shape index (κ2) is 18.7. The number of aliphatic hydroxyl groups excluding tert-OH is 1. The van der Waals surface area contributed by atoms with Crippen LogP contribution in [-0.2, 0) is 28.5 Å². The lowest BCUT2D eigenvalue weighted by atomic mass is 9.97. The molecule has 0 saturated carbocycles. The van der Waals surface area contributed by atoms with E-state index in [0.717, 1.165) is 18.2 Å². The highest BCUT2D eigenvalue weighted by Gasteiger charge is 2.37. The van der Waals surface area contributed by atoms with E-state index in [1.165, 1.54) is 39.5 Å². The molecule has 0 radical (unpaired) electrons. The van der Waals surface area contributed by atoms with Gasteiger partial charge in [-0.3, -0.25) is 19.7 Å². The summed E-state index contributed by atoms with van der Waals surface area (Å²) in [5.74, 6) is -2.19. The fourth-order valence-corrected chi connectivity index (χ4v) is 5.48. The Bertz CT molecular complexity index is 1870. The van der Waals surface area contributed by atoms with Crippen molar-refractivity contribution in [3.05, 3.63) is 86.7 Å². The van der Waals surface area contributed by atoms with Gasteiger partial charge in [-0.2, -0.15) is 4.39 Å². The van der Waals surface area contributed by atoms with Crippen LogP contribution in [0.15, 0.2) is 48.5 Å². The number of carbonyl (C=O) groups is 3. The van der Waals surface area contributed by atoms with Gasteiger partial charge in [-0.1, -0.05) is 12.1 Å². The van der Waals surface area contributed by atoms with Gasteiger partial charge in [0.25, 0.3) is 0 Å². The Morgan fingerprint density at radius 3 is 2.33 bits per heavy atom. The lowest BCUT2D eigenvalue weighted by Crippen LogP contribution is -2.54. The van der Waals surface area contributed by atoms with Gasteiger partial charge in [0.2, 0.25) is 17.6 Å². The van der Waals surface area contributed by atoms with E-state index in [4.69, 9.17) is 33.2 Å². The van der Waals surface area contributed by atoms with E-state index in [1.54, 1.807) is 39.8 Å². The molecular formula is C37H45FN4O13. The Kier molecular flexibility index (Phi) is 14.3. The van der Waals surface area contributed by atoms with Gasteiger partial charge in [-0.15, -0.1) is 0 Å². The SMILES string of the molecule is COCCOCOC[C@H]1NC(=O)[C@@H]([C@H](O)c2ccc(F)c([N+](=O)[O-])c2)NC(=O)[C@H](NC(=O)OC(C)(C)C)c2ccc(OC)c(c2)Oc2cc1cc(OC)c2C. The molecule has 0 unspecified atom stereocenters. The van der Waals surface area contributed by atoms with Crippen molar-refractivity contribution in [3.8, 4) is 23.0 Å². The minimum Gasteiger partial charge on any atom is -0.496 e. The summed E-state index contributed by atoms with van der Waals surface area (Å²) in [5, 5.41) is 31.0. The zero-order chi connectivity index (χ0) is 40.4. The highest BCUT2D eigenvalue weighted by Crippen LogP contribution is 2.40. The van der Waals surface area contributed by atoms with Crippen LogP contribution in [0.1, 0.15) is 61.2 Å². The number of nitrogens with zero attached hydrogens (tertiary/aromatic N) is 1. The summed E-state index contributed by atoms with van der Waals surface area (Å²) >= 11 is 0. The molecule has 0 aliphatic carbocycles. The van der Waals surface area contributed by atoms with Crippen molar-refractivity contribution in [2.24, 2.45) is 0 Å². The van der Waals surface area contributed by atoms with Crippen molar-refractivity contribution < 1.29 is 62.0 Å². The maximum atomic E-state index is 14.4. The van der Waals surface area contributed by atoms with Crippen molar-refractivity contribution in [1.29, 1.82) is 0 Å². The third kappa shape index (κ3) is 11.0. The number of amides is 3. The summed E-state index contributed by atoms with van der Waals surface area (Å²) in [6.45, 7) is 6.69. The van der Waals surface area contributed by atoms with Crippen molar-refractivity contribution >= 4 is 23.6 Å². The van der Waals surface area contributed by atoms with Crippen LogP contribution in [0, 0.1) is 22.9 Å². The van der Waals surface area contributed by atoms with Crippen molar-refractivity contribution in [2.45, 2.75) is 57.5 Å². The summed E-state index contributed by atoms with van der Waals surface area (Å²) in [5.41, 5.74) is -1.13. The quantitative estimate of drug-likeness (QED) is 0.0819. The maximum Gasteiger partial charge on any atom is 0.408 e. The average Bonchev–Trinajstić information content (AvgIpc) is 3.13. The highest BCUT2D eigenvalue weighted by atomic mass is 19.1. The molecule has 1 aliphatic rings. The van der Waals surface area contributed by atoms with E-state index in [0.29, 0.717) is 23.5 Å². The first-order valence-electron chi connectivity index (χ1n) is 17.0. The number of carbonyl (C=O) groups excluding carboxylic acids is 3. The molecule has 3 aromatic carbocycles. The Morgan fingerprint density at radius 2 is 1.67 bits per heavy atom. The van der Waals surface area contributed by atoms with Crippen LogP contribution < -0.4 is 30.2 Å². The molecule has 1 heterocycles. The van der Waals surface area contributed by atoms with Gasteiger partial charge < -0.3 is 54.2 Å². The first-order chi connectivity index (χ1) is 26.1. The zero-order valence-corrected chi connectivity index (χ0v) is 31.4. The Hall–Kier alpha value is -5.56. The van der Waals surface area contributed by atoms with Gasteiger partial charge in [-0.05, 0) is 74.7 Å². The molecule has 3 aromatic rings. The topological polar surface area (TPSA) is 215 Å². The molecule has 4 rings (SSSR count). The fourth-order valence-electron chi connectivity index (χ4n) is 5.48. The summed E-state index contributed by atoms with van der Waals surface area (Å²) in [6, 6.07) is 5.71. The van der Waals surface area contributed by atoms with E-state index < -0.39 is 64.2 Å². The molecule has 17 nitrogen and oxygen atoms in total. The van der Waals surface area contributed by atoms with Gasteiger partial charge in [-0.25, -0.2) is 4.79 Å². The number of nitro groups is 1. The number of hydrogen-bond donors (Lipinski definition) is 4. The van der Waals surface area contributed by atoms with Crippen LogP contribution in [0.4, 0.5) is 14.9 Å². The minimum atomic E-state index is -1.99. The van der Waals surface area contributed by atoms with Crippen molar-refractivity contribution in [1.82, 2.24) is 16.0 Å². The number of nitro benzene ring substituents is 1. The number of alkyl carbamates (subject to hydrolysis) is 1. The molecule has 3 amide bonds. The first kappa shape index (κ1) is 42.2. The number of fused-ring (bicyclic) bond motifs is 4. The molecule has 298 valence electrons. The molecule has 4 bridgehead atoms. The predicted molar refractivity (Wildman–Crippen MR) is 192 cm³/mol. The normalized spacial score (nSPS) is 17.8. The molecule has 0 saturated heterocycles. The number of nitrogens with one attached hydrogen (secondary N) is 3. The minimum absolute atomic E-state index is 0.127. The average molecular weight is 773 g/mol. The number of ether oxygens (including phenoxy) is 7. The van der Waals surface area contributed by atoms with Crippen LogP contribution in [0.25, 0.3) is 0 Å². The molecule has 55 heavy (non-hydrogen) atoms. The molecule has 4 atom stereocenters. The lowest BCUT2D eigenvalue weighted by Gasteiger charge is -2.30. The number of halogens is 1. The van der Waals surface area contributed by atoms with E-state index >= 15 is 0 Å². The van der Waals surface area contributed by atoms with Crippen molar-refractivity contribution in [2.75, 3.05) is 47.9 Å². The Balaban J connectivity index is 1.91. The van der Waals surface area contributed by atoms with Crippen LogP contribution in [0.3, 0.4) is 0 Å². The molecule has 18 heteroatoms. The third-order valence-corrected chi connectivity index (χ3v) is 8.23. The molecule has 0 spiro atoms. The summed E-state index contributed by atoms with van der Waals surface area (Å²) in [4.78, 5) is 52.3. The van der Waals surface area contributed by atoms with Gasteiger partial charge >= 0.3 is 11.8 Å². The third-order valence-electron chi connectivity index (χ3n) is 8.23. The number of methoxy groups -OCH3 is 3. The molecule has 1 aliphatic heterocycles. The first-order valence-corrected chi connectivity index (χ1v) is 17.0. The van der Waals surface area contributed by atoms with E-state index in [9.17, 15) is 34.0 Å². The van der Waals surface area contributed by atoms with Crippen LogP contribution in [0.5, 0.6) is 23.0 Å². The monoisotopic (exact) mass is 772 g/mol. The Morgan fingerprint density at radius 1 is 0.964 bits per heavy atom. The number of hydrogen-bond acceptors (Lipinski definition) is 13. The standard InChI is InChI=1S/C37H45FN4O13/c1-20-28(51-7)16-23-17-29(20)54-30-15-21(9-11-27(30)50-6)31(41-36(46)55-37(2,3)4)34(44)40-32(33(43)22-8-10-24(38)26(14-22)42(47)48)35(45)39-25(23)18-53-19-52-13-12-49-5/h8-11,14-17,25,31-33,43H,12-13,18-19H2,1-7H3,(H,39,45)(H,40,44)(H,41,46)/t25-,31-,32-,33-/m1/s1. The van der Waals surface area contributed by atoms with Gasteiger partial charge in [0, 0.05) is 18.7 Å². The van der Waals surface area contributed by atoms with Gasteiger partial charge in [0.05, 0.1) is 45.0 Å². The van der Waals surface area contributed by atoms with E-state index in [2.05, 4.69) is 16.0 Å². The van der Waals surface area contributed by atoms with E-state index in [-0.39, 0.29) is 48.4 Å². The predicted octanol–water partition coefficient (Wildman–Crippen LogP) is 4.44. The molecular weight excluding hydrogens is 727 g/mol. The maximum absolute atomic E-state index is 14.4. The van der Waals surface area contributed by atoms with Gasteiger partial charge in [0.1, 0.15) is 42.1 Å². The molecule has 4 N–H and O–H groups in total. The largest absolute Gasteiger partial charge is 0.496 e. The summed E-state index contributed by atoms with van der Waals surface area (Å²) in [6.07, 6.45) is -2.99. The van der Waals surface area contributed by atoms with Crippen LogP contribution >= 0.6 is 0 Å². The fraction of sp³-hybridized carbons (Fsp3) is 0.432. The van der Waals surface area contributed by atoms with Crippen LogP contribution in [0.2, 0.25) is 0 Å². The highest BCUT2D eigenvalue weighted by molar-refractivity contribution is 5.93. The number of rotatable bonds is 13. The second-order valence-corrected chi connectivity index (χ2v) is 13.3. The zero-order valence-electron chi connectivity index (χ0n) is 31.4. The number of benzene rings is 3. The van der Waals surface area contributed by atoms with Crippen molar-refractivity contribution in [3.63, 3.8) is 0 Å². The summed E-state index contributed by atoms with van der Waals surface area (Å²) in [7, 11) is 4.37. The van der Waals surface area contributed by atoms with E-state index in [1.807, 2.05) is 0 Å². The smallest absolute Gasteiger partial charge is 0.408 e. The Labute approximate surface area is 316 Å². The lowest BCUT2D eigenvalue weighted by molar-refractivity contribution is -0.387. The van der Waals surface area contributed by atoms with Crippen LogP contribution in [-0.4, -0.2) is 87.5 Å².